The molecule has 0 radical (unpaired) electrons. The number of nitrogens with zero attached hydrogens (tertiary/aromatic N) is 1. The van der Waals surface area contributed by atoms with E-state index in [1.165, 1.54) is 31.4 Å². The summed E-state index contributed by atoms with van der Waals surface area (Å²) in [5, 5.41) is 56.4. The molecule has 0 aliphatic rings. The number of aromatic hydroxyl groups is 1. The lowest BCUT2D eigenvalue weighted by molar-refractivity contribution is -0.270. The van der Waals surface area contributed by atoms with Crippen LogP contribution in [-0.2, 0) is 21.7 Å². The van der Waals surface area contributed by atoms with Crippen molar-refractivity contribution in [2.75, 3.05) is 24.7 Å². The first kappa shape index (κ1) is 25.5. The molecule has 1 aromatic heterocycles. The molecule has 0 saturated carbocycles. The molecular formula is C22H26N4O7S. The van der Waals surface area contributed by atoms with Crippen LogP contribution < -0.4 is 16.4 Å². The fraction of sp³-hybridized carbons (Fsp3) is 0.273. The summed E-state index contributed by atoms with van der Waals surface area (Å²) in [6.45, 7) is -0.650. The highest BCUT2D eigenvalue weighted by molar-refractivity contribution is 7.17. The number of thiazole rings is 1. The smallest absolute Gasteiger partial charge is 0.254 e. The molecule has 1 atom stereocenters. The number of nitrogens with two attached hydrogens (primary N) is 1. The highest BCUT2D eigenvalue weighted by Gasteiger charge is 2.39. The topological polar surface area (TPSA) is 190 Å². The van der Waals surface area contributed by atoms with Gasteiger partial charge in [-0.1, -0.05) is 53.8 Å². The van der Waals surface area contributed by atoms with E-state index in [4.69, 9.17) is 10.5 Å². The van der Waals surface area contributed by atoms with E-state index in [9.17, 15) is 30.3 Å². The van der Waals surface area contributed by atoms with Crippen molar-refractivity contribution < 1.29 is 35.1 Å². The highest BCUT2D eigenvalue weighted by atomic mass is 32.1. The summed E-state index contributed by atoms with van der Waals surface area (Å²) in [5.41, 5.74) is 6.52. The lowest BCUT2D eigenvalue weighted by Crippen LogP contribution is -2.55. The number of carbonyl (C=O) groups excluding carboxylic acids is 1. The van der Waals surface area contributed by atoms with Gasteiger partial charge < -0.3 is 41.3 Å². The zero-order chi connectivity index (χ0) is 24.9. The van der Waals surface area contributed by atoms with Gasteiger partial charge in [-0.15, -0.1) is 0 Å². The lowest BCUT2D eigenvalue weighted by Gasteiger charge is -2.34. The SMILES string of the molecule is COC(c1ccccc1)C(O)(O)NCC(O)(O)c1ccc(NC(=O)Cc2nc(N)sc2O)cc1. The number of hydrogen-bond donors (Lipinski definition) is 8. The number of benzene rings is 2. The number of aliphatic hydroxyl groups is 4. The predicted molar refractivity (Wildman–Crippen MR) is 124 cm³/mol. The zero-order valence-corrected chi connectivity index (χ0v) is 19.0. The van der Waals surface area contributed by atoms with Crippen molar-refractivity contribution in [3.05, 3.63) is 71.4 Å². The van der Waals surface area contributed by atoms with Gasteiger partial charge in [0.15, 0.2) is 16.3 Å². The van der Waals surface area contributed by atoms with Gasteiger partial charge in [-0.2, -0.15) is 0 Å². The first-order valence-electron chi connectivity index (χ1n) is 10.1. The van der Waals surface area contributed by atoms with Crippen LogP contribution in [0.5, 0.6) is 5.06 Å². The minimum Gasteiger partial charge on any atom is -0.498 e. The Hall–Kier alpha value is -3.10. The molecule has 0 fully saturated rings. The fourth-order valence-corrected chi connectivity index (χ4v) is 3.85. The van der Waals surface area contributed by atoms with Crippen LogP contribution in [0.1, 0.15) is 22.9 Å². The molecule has 11 nitrogen and oxygen atoms in total. The van der Waals surface area contributed by atoms with Crippen LogP contribution in [0.25, 0.3) is 0 Å². The van der Waals surface area contributed by atoms with Crippen LogP contribution in [0.2, 0.25) is 0 Å². The number of carbonyl (C=O) groups is 1. The van der Waals surface area contributed by atoms with Crippen LogP contribution in [0.4, 0.5) is 10.8 Å². The van der Waals surface area contributed by atoms with Crippen molar-refractivity contribution in [1.82, 2.24) is 10.3 Å². The normalized spacial score (nSPS) is 13.0. The van der Waals surface area contributed by atoms with Crippen molar-refractivity contribution >= 4 is 28.1 Å². The van der Waals surface area contributed by atoms with E-state index in [1.807, 2.05) is 0 Å². The highest BCUT2D eigenvalue weighted by Crippen LogP contribution is 2.29. The van der Waals surface area contributed by atoms with Gasteiger partial charge in [-0.25, -0.2) is 4.98 Å². The van der Waals surface area contributed by atoms with Crippen molar-refractivity contribution in [1.29, 1.82) is 0 Å². The number of ether oxygens (including phenoxy) is 1. The monoisotopic (exact) mass is 490 g/mol. The Labute approximate surface area is 199 Å². The van der Waals surface area contributed by atoms with Gasteiger partial charge in [-0.3, -0.25) is 10.1 Å². The van der Waals surface area contributed by atoms with E-state index in [-0.39, 0.29) is 27.9 Å². The lowest BCUT2D eigenvalue weighted by atomic mass is 10.0. The van der Waals surface area contributed by atoms with Crippen LogP contribution in [-0.4, -0.2) is 56.0 Å². The molecule has 0 spiro atoms. The summed E-state index contributed by atoms with van der Waals surface area (Å²) in [5.74, 6) is -5.53. The molecule has 182 valence electrons. The molecule has 3 rings (SSSR count). The Balaban J connectivity index is 1.61. The van der Waals surface area contributed by atoms with Crippen LogP contribution in [0.15, 0.2) is 54.6 Å². The minimum absolute atomic E-state index is 0.0346. The standard InChI is InChI=1S/C22H26N4O7S/c1-33-18(13-5-3-2-4-6-13)22(31,32)24-12-21(29,30)14-7-9-15(10-8-14)25-17(27)11-16-19(28)34-20(23)26-16/h2-10,18,24,28-32H,11-12H2,1H3,(H2,23,26)(H,25,27). The number of amides is 1. The Bertz CT molecular complexity index is 1100. The predicted octanol–water partition coefficient (Wildman–Crippen LogP) is 0.365. The number of anilines is 2. The van der Waals surface area contributed by atoms with Gasteiger partial charge in [0.2, 0.25) is 11.7 Å². The number of hydrogen-bond acceptors (Lipinski definition) is 11. The van der Waals surface area contributed by atoms with Gasteiger partial charge in [0.1, 0.15) is 5.69 Å². The second-order valence-electron chi connectivity index (χ2n) is 7.53. The van der Waals surface area contributed by atoms with E-state index in [0.717, 1.165) is 11.3 Å². The molecule has 1 amide bonds. The summed E-state index contributed by atoms with van der Waals surface area (Å²) >= 11 is 0.867. The van der Waals surface area contributed by atoms with Gasteiger partial charge in [0.05, 0.1) is 13.0 Å². The number of methoxy groups -OCH3 is 1. The van der Waals surface area contributed by atoms with Crippen molar-refractivity contribution in [2.24, 2.45) is 0 Å². The third-order valence-electron chi connectivity index (χ3n) is 4.95. The molecule has 0 saturated heterocycles. The molecule has 2 aromatic carbocycles. The molecule has 0 bridgehead atoms. The van der Waals surface area contributed by atoms with E-state index in [1.54, 1.807) is 30.3 Å². The van der Waals surface area contributed by atoms with Crippen LogP contribution >= 0.6 is 11.3 Å². The molecule has 0 aliphatic carbocycles. The zero-order valence-electron chi connectivity index (χ0n) is 18.2. The maximum atomic E-state index is 12.2. The number of nitrogen functional groups attached to an aromatic ring is 1. The summed E-state index contributed by atoms with van der Waals surface area (Å²) < 4.78 is 5.18. The third kappa shape index (κ3) is 6.27. The van der Waals surface area contributed by atoms with Gasteiger partial charge in [0, 0.05) is 18.4 Å². The van der Waals surface area contributed by atoms with Gasteiger partial charge in [0.25, 0.3) is 5.91 Å². The van der Waals surface area contributed by atoms with E-state index < -0.39 is 30.3 Å². The second-order valence-corrected chi connectivity index (χ2v) is 8.54. The van der Waals surface area contributed by atoms with Crippen molar-refractivity contribution in [2.45, 2.75) is 24.2 Å². The third-order valence-corrected chi connectivity index (χ3v) is 5.68. The summed E-state index contributed by atoms with van der Waals surface area (Å²) in [6, 6.07) is 14.0. The number of aromatic nitrogens is 1. The summed E-state index contributed by atoms with van der Waals surface area (Å²) in [7, 11) is 1.30. The number of rotatable bonds is 10. The molecule has 1 unspecified atom stereocenters. The molecule has 3 aromatic rings. The maximum absolute atomic E-state index is 12.2. The average Bonchev–Trinajstić information content (AvgIpc) is 3.10. The average molecular weight is 491 g/mol. The Kier molecular flexibility index (Phi) is 7.84. The number of nitrogens with one attached hydrogen (secondary N) is 2. The maximum Gasteiger partial charge on any atom is 0.254 e. The second kappa shape index (κ2) is 10.4. The summed E-state index contributed by atoms with van der Waals surface area (Å²) in [6.07, 6.45) is -1.39. The first-order valence-corrected chi connectivity index (χ1v) is 10.9. The molecule has 0 aliphatic heterocycles. The van der Waals surface area contributed by atoms with Crippen LogP contribution in [0, 0.1) is 0 Å². The van der Waals surface area contributed by atoms with Gasteiger partial charge >= 0.3 is 0 Å². The largest absolute Gasteiger partial charge is 0.498 e. The molecule has 9 N–H and O–H groups in total. The fourth-order valence-electron chi connectivity index (χ4n) is 3.26. The van der Waals surface area contributed by atoms with Crippen molar-refractivity contribution in [3.8, 4) is 5.06 Å². The Morgan fingerprint density at radius 1 is 1.12 bits per heavy atom. The molecule has 1 heterocycles. The van der Waals surface area contributed by atoms with E-state index >= 15 is 0 Å². The Morgan fingerprint density at radius 2 is 1.76 bits per heavy atom. The Morgan fingerprint density at radius 3 is 2.32 bits per heavy atom. The minimum atomic E-state index is -2.61. The molecule has 12 heteroatoms. The van der Waals surface area contributed by atoms with E-state index in [2.05, 4.69) is 15.6 Å². The molecular weight excluding hydrogens is 464 g/mol. The summed E-state index contributed by atoms with van der Waals surface area (Å²) in [4.78, 5) is 16.1. The molecule has 34 heavy (non-hydrogen) atoms. The van der Waals surface area contributed by atoms with Gasteiger partial charge in [-0.05, 0) is 17.7 Å². The van der Waals surface area contributed by atoms with Crippen molar-refractivity contribution in [3.63, 3.8) is 0 Å². The van der Waals surface area contributed by atoms with Crippen LogP contribution in [0.3, 0.4) is 0 Å². The quantitative estimate of drug-likeness (QED) is 0.184. The first-order chi connectivity index (χ1) is 16.0. The van der Waals surface area contributed by atoms with E-state index in [0.29, 0.717) is 11.3 Å².